The topological polar surface area (TPSA) is 6.48 Å². The van der Waals surface area contributed by atoms with Crippen molar-refractivity contribution in [1.82, 2.24) is 0 Å². The summed E-state index contributed by atoms with van der Waals surface area (Å²) in [5.41, 5.74) is 27.6. The van der Waals surface area contributed by atoms with Crippen molar-refractivity contribution in [3.63, 3.8) is 0 Å². The Kier molecular flexibility index (Phi) is 11.9. The lowest BCUT2D eigenvalue weighted by Gasteiger charge is -2.46. The maximum absolute atomic E-state index is 9.54. The lowest BCUT2D eigenvalue weighted by Crippen LogP contribution is -2.61. The summed E-state index contributed by atoms with van der Waals surface area (Å²) >= 11 is 0. The highest BCUT2D eigenvalue weighted by Gasteiger charge is 2.49. The van der Waals surface area contributed by atoms with Crippen LogP contribution in [-0.2, 0) is 10.8 Å². The Balaban J connectivity index is 1.04. The van der Waals surface area contributed by atoms with E-state index >= 15 is 0 Å². The summed E-state index contributed by atoms with van der Waals surface area (Å²) in [6.45, 7) is 6.46. The SMILES string of the molecule is [2H]c1c([2H])c([2H])c(-c2ccc3c(c2)B2c4ccc(-c5cccc6c5C(c5ccccc5)(c5ccccc5)c5ccccc5-6)cc4N(c4c(-c5ccccc5)cccc4-c4ccccc4)c4cc(C(C)(C)C)cc(c42)N3c2c(-c3ccccc3)cccc2-c2ccccc2)c([2H])c1[2H]. The van der Waals surface area contributed by atoms with Crippen molar-refractivity contribution in [2.24, 2.45) is 0 Å². The predicted octanol–water partition coefficient (Wildman–Crippen LogP) is 21.4. The highest BCUT2D eigenvalue weighted by molar-refractivity contribution is 7.00. The normalized spacial score (nSPS) is 13.9. The zero-order valence-corrected chi connectivity index (χ0v) is 51.4. The van der Waals surface area contributed by atoms with Gasteiger partial charge in [-0.25, -0.2) is 0 Å². The molecule has 0 saturated carbocycles. The number of anilines is 6. The molecule has 0 spiro atoms. The summed E-state index contributed by atoms with van der Waals surface area (Å²) in [6.07, 6.45) is 0. The standard InChI is InChI=1S/C89H65BN2/c1-88(2,3)69-58-82-85-83(59-69)92(87-73(63-36-17-7-18-37-63)48-29-49-74(87)64-38-19-8-20-39-64)81-57-66(70-45-27-50-76-75-44-25-26-51-77(75)89(84(70)76,67-40-21-9-22-41-67)68-42-23-10-24-43-68)52-54-78(81)90(85)79-56-65(60-30-11-4-12-31-60)53-55-80(79)91(82)86-71(61-32-13-5-14-33-61)46-28-47-72(86)62-34-15-6-16-35-62/h4-59H,1-3H3/i4D,11D,12D,30D,31D. The van der Waals surface area contributed by atoms with Gasteiger partial charge in [-0.05, 0) is 130 Å². The molecule has 3 heteroatoms. The van der Waals surface area contributed by atoms with E-state index in [1.54, 1.807) is 0 Å². The van der Waals surface area contributed by atoms with Gasteiger partial charge in [-0.1, -0.05) is 336 Å². The molecule has 14 aromatic carbocycles. The first-order valence-corrected chi connectivity index (χ1v) is 31.9. The van der Waals surface area contributed by atoms with Gasteiger partial charge < -0.3 is 9.80 Å². The van der Waals surface area contributed by atoms with E-state index in [0.29, 0.717) is 5.56 Å². The van der Waals surface area contributed by atoms with Crippen LogP contribution in [-0.4, -0.2) is 6.71 Å². The van der Waals surface area contributed by atoms with E-state index in [-0.39, 0.29) is 35.1 Å². The Hall–Kier alpha value is -11.3. The van der Waals surface area contributed by atoms with E-state index in [2.05, 4.69) is 334 Å². The first kappa shape index (κ1) is 49.6. The Labute approximate surface area is 547 Å². The van der Waals surface area contributed by atoms with Crippen LogP contribution in [0.15, 0.2) is 340 Å². The van der Waals surface area contributed by atoms with E-state index in [0.717, 1.165) is 112 Å². The van der Waals surface area contributed by atoms with Crippen molar-refractivity contribution in [3.8, 4) is 77.9 Å². The number of nitrogens with zero attached hydrogens (tertiary/aromatic N) is 2. The fourth-order valence-corrected chi connectivity index (χ4v) is 15.3. The molecule has 0 fully saturated rings. The summed E-state index contributed by atoms with van der Waals surface area (Å²) in [5.74, 6) is 0. The van der Waals surface area contributed by atoms with E-state index in [1.165, 1.54) is 33.4 Å². The molecule has 0 radical (unpaired) electrons. The maximum atomic E-state index is 9.54. The van der Waals surface area contributed by atoms with Crippen LogP contribution in [0.3, 0.4) is 0 Å². The van der Waals surface area contributed by atoms with Crippen molar-refractivity contribution in [2.45, 2.75) is 31.6 Å². The Morgan fingerprint density at radius 1 is 0.315 bits per heavy atom. The van der Waals surface area contributed by atoms with Gasteiger partial charge in [0.2, 0.25) is 0 Å². The zero-order chi connectivity index (χ0) is 65.8. The highest BCUT2D eigenvalue weighted by Crippen LogP contribution is 2.60. The summed E-state index contributed by atoms with van der Waals surface area (Å²) < 4.78 is 45.9. The number of hydrogen-bond donors (Lipinski definition) is 0. The second-order valence-electron chi connectivity index (χ2n) is 25.5. The van der Waals surface area contributed by atoms with Crippen LogP contribution in [0.2, 0.25) is 0 Å². The second-order valence-corrected chi connectivity index (χ2v) is 25.5. The Morgan fingerprint density at radius 2 is 0.739 bits per heavy atom. The molecule has 2 heterocycles. The summed E-state index contributed by atoms with van der Waals surface area (Å²) in [7, 11) is 0. The molecule has 0 saturated heterocycles. The molecule has 0 atom stereocenters. The van der Waals surface area contributed by atoms with Crippen LogP contribution in [0, 0.1) is 0 Å². The second kappa shape index (κ2) is 22.1. The van der Waals surface area contributed by atoms with E-state index in [4.69, 9.17) is 4.11 Å². The molecule has 3 aliphatic rings. The highest BCUT2D eigenvalue weighted by atomic mass is 15.2. The Morgan fingerprint density at radius 3 is 1.24 bits per heavy atom. The number of hydrogen-bond acceptors (Lipinski definition) is 2. The summed E-state index contributed by atoms with van der Waals surface area (Å²) in [5, 5.41) is 0. The van der Waals surface area contributed by atoms with Crippen LogP contribution < -0.4 is 26.2 Å². The van der Waals surface area contributed by atoms with Gasteiger partial charge in [-0.2, -0.15) is 0 Å². The molecule has 0 amide bonds. The van der Waals surface area contributed by atoms with Gasteiger partial charge in [0, 0.05) is 45.0 Å². The third-order valence-corrected chi connectivity index (χ3v) is 19.4. The molecule has 0 N–H and O–H groups in total. The lowest BCUT2D eigenvalue weighted by atomic mass is 9.33. The monoisotopic (exact) mass is 1180 g/mol. The number of benzene rings is 14. The minimum absolute atomic E-state index is 0.153. The van der Waals surface area contributed by atoms with E-state index < -0.39 is 18.2 Å². The van der Waals surface area contributed by atoms with Crippen molar-refractivity contribution < 1.29 is 6.85 Å². The largest absolute Gasteiger partial charge is 0.310 e. The predicted molar refractivity (Wildman–Crippen MR) is 389 cm³/mol. The van der Waals surface area contributed by atoms with Crippen LogP contribution in [0.4, 0.5) is 34.1 Å². The van der Waals surface area contributed by atoms with Gasteiger partial charge in [0.1, 0.15) is 0 Å². The van der Waals surface area contributed by atoms with Crippen LogP contribution >= 0.6 is 0 Å². The molecule has 0 unspecified atom stereocenters. The fourth-order valence-electron chi connectivity index (χ4n) is 15.3. The number of para-hydroxylation sites is 2. The van der Waals surface area contributed by atoms with Crippen molar-refractivity contribution in [3.05, 3.63) is 367 Å². The van der Waals surface area contributed by atoms with Crippen molar-refractivity contribution in [2.75, 3.05) is 9.80 Å². The maximum Gasteiger partial charge on any atom is 0.252 e. The number of fused-ring (bicyclic) bond motifs is 7. The molecule has 434 valence electrons. The zero-order valence-electron chi connectivity index (χ0n) is 56.4. The lowest BCUT2D eigenvalue weighted by molar-refractivity contribution is 0.590. The van der Waals surface area contributed by atoms with Crippen molar-refractivity contribution >= 4 is 57.2 Å². The van der Waals surface area contributed by atoms with E-state index in [1.807, 2.05) is 6.07 Å². The summed E-state index contributed by atoms with van der Waals surface area (Å²) in [4.78, 5) is 5.09. The first-order valence-electron chi connectivity index (χ1n) is 34.4. The smallest absolute Gasteiger partial charge is 0.252 e. The molecule has 0 bridgehead atoms. The van der Waals surface area contributed by atoms with Crippen LogP contribution in [0.25, 0.3) is 77.9 Å². The number of rotatable bonds is 10. The van der Waals surface area contributed by atoms with Gasteiger partial charge in [0.25, 0.3) is 6.71 Å². The van der Waals surface area contributed by atoms with E-state index in [9.17, 15) is 2.74 Å². The Bertz CT molecular complexity index is 5260. The molecule has 1 aliphatic carbocycles. The molecule has 2 nitrogen and oxygen atoms in total. The molecule has 92 heavy (non-hydrogen) atoms. The molecule has 0 aromatic heterocycles. The summed E-state index contributed by atoms with van der Waals surface area (Å²) in [6, 6.07) is 111. The van der Waals surface area contributed by atoms with Crippen LogP contribution in [0.5, 0.6) is 0 Å². The minimum atomic E-state index is -0.704. The average Bonchev–Trinajstić information content (AvgIpc) is 1.63. The van der Waals surface area contributed by atoms with Gasteiger partial charge >= 0.3 is 0 Å². The van der Waals surface area contributed by atoms with Crippen LogP contribution in [0.1, 0.15) is 55.4 Å². The molecule has 2 aliphatic heterocycles. The molecular formula is C89H65BN2. The van der Waals surface area contributed by atoms with Gasteiger partial charge in [-0.15, -0.1) is 0 Å². The quantitative estimate of drug-likeness (QED) is 0.126. The minimum Gasteiger partial charge on any atom is -0.310 e. The third-order valence-electron chi connectivity index (χ3n) is 19.4. The fraction of sp³-hybridized carbons (Fsp3) is 0.0562. The average molecular weight is 1180 g/mol. The van der Waals surface area contributed by atoms with Crippen molar-refractivity contribution in [1.29, 1.82) is 0 Å². The third kappa shape index (κ3) is 8.71. The van der Waals surface area contributed by atoms with Gasteiger partial charge in [0.15, 0.2) is 0 Å². The molecule has 17 rings (SSSR count). The van der Waals surface area contributed by atoms with Gasteiger partial charge in [-0.3, -0.25) is 0 Å². The molecule has 14 aromatic rings. The van der Waals surface area contributed by atoms with Gasteiger partial charge in [0.05, 0.1) is 23.6 Å². The molecular weight excluding hydrogens is 1110 g/mol. The first-order chi connectivity index (χ1) is 47.4.